The molecule has 22 heavy (non-hydrogen) atoms. The third-order valence-electron chi connectivity index (χ3n) is 3.72. The summed E-state index contributed by atoms with van der Waals surface area (Å²) in [5.41, 5.74) is 2.41. The lowest BCUT2D eigenvalue weighted by atomic mass is 10.1. The first-order valence-electron chi connectivity index (χ1n) is 7.09. The first-order valence-corrected chi connectivity index (χ1v) is 7.97. The van der Waals surface area contributed by atoms with Crippen LogP contribution in [0.3, 0.4) is 0 Å². The van der Waals surface area contributed by atoms with E-state index >= 15 is 0 Å². The van der Waals surface area contributed by atoms with Crippen molar-refractivity contribution < 1.29 is 0 Å². The predicted octanol–water partition coefficient (Wildman–Crippen LogP) is 2.54. The predicted molar refractivity (Wildman–Crippen MR) is 89.3 cm³/mol. The van der Waals surface area contributed by atoms with Gasteiger partial charge in [0, 0.05) is 31.2 Å². The van der Waals surface area contributed by atoms with Crippen LogP contribution in [0.1, 0.15) is 17.2 Å². The zero-order valence-corrected chi connectivity index (χ0v) is 13.2. The summed E-state index contributed by atoms with van der Waals surface area (Å²) in [5.74, 6) is 1.69. The van der Waals surface area contributed by atoms with Crippen molar-refractivity contribution in [1.82, 2.24) is 14.7 Å². The zero-order chi connectivity index (χ0) is 15.1. The number of anilines is 1. The number of nitrogens with zero attached hydrogens (tertiary/aromatic N) is 5. The lowest BCUT2D eigenvalue weighted by Crippen LogP contribution is -2.36. The highest BCUT2D eigenvalue weighted by Crippen LogP contribution is 2.29. The molecule has 112 valence electrons. The minimum absolute atomic E-state index is 0.192. The van der Waals surface area contributed by atoms with Gasteiger partial charge < -0.3 is 10.2 Å². The molecule has 0 aliphatic carbocycles. The maximum atomic E-state index is 4.67. The van der Waals surface area contributed by atoms with Gasteiger partial charge in [-0.3, -0.25) is 9.67 Å². The molecule has 0 spiro atoms. The van der Waals surface area contributed by atoms with Gasteiger partial charge in [0.25, 0.3) is 0 Å². The number of rotatable bonds is 2. The fraction of sp³-hybridized carbons (Fsp3) is 0.267. The molecule has 1 atom stereocenters. The summed E-state index contributed by atoms with van der Waals surface area (Å²) < 4.78 is 1.82. The molecule has 0 radical (unpaired) electrons. The number of amidine groups is 2. The fourth-order valence-corrected chi connectivity index (χ4v) is 3.47. The first-order chi connectivity index (χ1) is 10.7. The van der Waals surface area contributed by atoms with Gasteiger partial charge in [-0.25, -0.2) is 4.99 Å². The molecule has 2 aromatic heterocycles. The summed E-state index contributed by atoms with van der Waals surface area (Å²) in [6, 6.07) is 2.31. The Morgan fingerprint density at radius 3 is 3.05 bits per heavy atom. The molecule has 0 fully saturated rings. The number of thiophene rings is 1. The lowest BCUT2D eigenvalue weighted by molar-refractivity contribution is 0.458. The highest BCUT2D eigenvalue weighted by atomic mass is 32.1. The molecule has 0 amide bonds. The molecule has 0 aromatic carbocycles. The Morgan fingerprint density at radius 1 is 1.41 bits per heavy atom. The van der Waals surface area contributed by atoms with Gasteiger partial charge >= 0.3 is 0 Å². The maximum Gasteiger partial charge on any atom is 0.174 e. The Hall–Kier alpha value is -2.41. The summed E-state index contributed by atoms with van der Waals surface area (Å²) in [6.07, 6.45) is 7.74. The van der Waals surface area contributed by atoms with E-state index in [1.54, 1.807) is 11.3 Å². The Balaban J connectivity index is 1.57. The van der Waals surface area contributed by atoms with Crippen LogP contribution in [0.15, 0.2) is 46.2 Å². The molecular weight excluding hydrogens is 296 g/mol. The molecule has 2 aliphatic rings. The summed E-state index contributed by atoms with van der Waals surface area (Å²) in [6.45, 7) is 2.80. The van der Waals surface area contributed by atoms with Crippen LogP contribution in [0, 0.1) is 6.92 Å². The smallest absolute Gasteiger partial charge is 0.174 e. The molecule has 0 saturated heterocycles. The van der Waals surface area contributed by atoms with Gasteiger partial charge in [-0.2, -0.15) is 5.10 Å². The van der Waals surface area contributed by atoms with Crippen molar-refractivity contribution in [3.8, 4) is 0 Å². The third-order valence-corrected chi connectivity index (χ3v) is 4.68. The number of aryl methyl sites for hydroxylation is 2. The fourth-order valence-electron chi connectivity index (χ4n) is 2.68. The van der Waals surface area contributed by atoms with Gasteiger partial charge in [0.1, 0.15) is 0 Å². The molecule has 1 unspecified atom stereocenters. The Labute approximate surface area is 132 Å². The molecule has 6 nitrogen and oxygen atoms in total. The second-order valence-corrected chi connectivity index (χ2v) is 6.34. The minimum atomic E-state index is 0.192. The monoisotopic (exact) mass is 312 g/mol. The highest BCUT2D eigenvalue weighted by molar-refractivity contribution is 7.14. The quantitative estimate of drug-likeness (QED) is 0.927. The normalized spacial score (nSPS) is 19.9. The van der Waals surface area contributed by atoms with E-state index in [-0.39, 0.29) is 6.04 Å². The van der Waals surface area contributed by atoms with E-state index in [9.17, 15) is 0 Å². The van der Waals surface area contributed by atoms with Crippen LogP contribution in [-0.4, -0.2) is 32.9 Å². The molecule has 1 N–H and O–H groups in total. The number of aromatic nitrogens is 2. The van der Waals surface area contributed by atoms with Crippen molar-refractivity contribution in [3.63, 3.8) is 0 Å². The van der Waals surface area contributed by atoms with Crippen LogP contribution in [0.4, 0.5) is 5.00 Å². The summed E-state index contributed by atoms with van der Waals surface area (Å²) in [4.78, 5) is 11.3. The topological polar surface area (TPSA) is 57.8 Å². The number of fused-ring (bicyclic) bond motifs is 1. The van der Waals surface area contributed by atoms with Crippen molar-refractivity contribution in [1.29, 1.82) is 0 Å². The van der Waals surface area contributed by atoms with Gasteiger partial charge in [-0.15, -0.1) is 11.3 Å². The molecule has 2 aromatic rings. The Kier molecular flexibility index (Phi) is 3.07. The van der Waals surface area contributed by atoms with Crippen LogP contribution in [0.2, 0.25) is 0 Å². The minimum Gasteiger partial charge on any atom is -0.329 e. The van der Waals surface area contributed by atoms with Gasteiger partial charge in [0.2, 0.25) is 0 Å². The van der Waals surface area contributed by atoms with E-state index in [1.807, 2.05) is 36.5 Å². The summed E-state index contributed by atoms with van der Waals surface area (Å²) in [7, 11) is 1.93. The van der Waals surface area contributed by atoms with Crippen LogP contribution in [0.5, 0.6) is 0 Å². The zero-order valence-electron chi connectivity index (χ0n) is 12.4. The maximum absolute atomic E-state index is 4.67. The van der Waals surface area contributed by atoms with Crippen molar-refractivity contribution in [3.05, 3.63) is 47.4 Å². The molecule has 4 heterocycles. The number of aliphatic imine (C=N–C) groups is 2. The van der Waals surface area contributed by atoms with Gasteiger partial charge in [0.05, 0.1) is 23.8 Å². The number of hydrogen-bond acceptors (Lipinski definition) is 6. The van der Waals surface area contributed by atoms with Crippen molar-refractivity contribution in [2.45, 2.75) is 13.0 Å². The van der Waals surface area contributed by atoms with Crippen molar-refractivity contribution >= 4 is 28.0 Å². The lowest BCUT2D eigenvalue weighted by Gasteiger charge is -2.26. The van der Waals surface area contributed by atoms with Gasteiger partial charge in [-0.05, 0) is 23.9 Å². The van der Waals surface area contributed by atoms with E-state index in [2.05, 4.69) is 43.7 Å². The van der Waals surface area contributed by atoms with E-state index < -0.39 is 0 Å². The second-order valence-electron chi connectivity index (χ2n) is 5.42. The average Bonchev–Trinajstić information content (AvgIpc) is 3.19. The van der Waals surface area contributed by atoms with Crippen LogP contribution < -0.4 is 5.32 Å². The van der Waals surface area contributed by atoms with E-state index in [1.165, 1.54) is 11.1 Å². The molecule has 7 heteroatoms. The van der Waals surface area contributed by atoms with Crippen molar-refractivity contribution in [2.75, 3.05) is 11.9 Å². The number of hydrogen-bond donors (Lipinski definition) is 1. The van der Waals surface area contributed by atoms with Crippen LogP contribution in [-0.2, 0) is 7.05 Å². The Morgan fingerprint density at radius 2 is 2.32 bits per heavy atom. The largest absolute Gasteiger partial charge is 0.329 e. The molecule has 2 aliphatic heterocycles. The van der Waals surface area contributed by atoms with Crippen LogP contribution in [0.25, 0.3) is 0 Å². The number of nitrogens with one attached hydrogen (secondary N) is 1. The standard InChI is InChI=1S/C15H16N6S/c1-10-5-13(22-9-10)19-14-15-17-7-12(21(15)4-3-16-14)11-6-18-20(2)8-11/h3-6,8-9,12H,7H2,1-2H3,(H,16,19). The molecule has 4 rings (SSSR count). The van der Waals surface area contributed by atoms with Gasteiger partial charge in [0.15, 0.2) is 11.7 Å². The van der Waals surface area contributed by atoms with Gasteiger partial charge in [-0.1, -0.05) is 0 Å². The van der Waals surface area contributed by atoms with E-state index in [0.717, 1.165) is 23.2 Å². The molecule has 0 saturated carbocycles. The van der Waals surface area contributed by atoms with Crippen LogP contribution >= 0.6 is 11.3 Å². The summed E-state index contributed by atoms with van der Waals surface area (Å²) >= 11 is 1.67. The average molecular weight is 312 g/mol. The van der Waals surface area contributed by atoms with E-state index in [0.29, 0.717) is 0 Å². The van der Waals surface area contributed by atoms with Crippen molar-refractivity contribution in [2.24, 2.45) is 17.0 Å². The second kappa shape index (κ2) is 5.10. The van der Waals surface area contributed by atoms with E-state index in [4.69, 9.17) is 0 Å². The third kappa shape index (κ3) is 2.23. The SMILES string of the molecule is Cc1csc(NC2=NC=CN3C2=NCC3c2cnn(C)c2)c1. The summed E-state index contributed by atoms with van der Waals surface area (Å²) in [5, 5.41) is 10.8. The Bertz CT molecular complexity index is 797. The first kappa shape index (κ1) is 13.3. The highest BCUT2D eigenvalue weighted by Gasteiger charge is 2.32. The molecule has 0 bridgehead atoms. The molecular formula is C15H16N6S.